The van der Waals surface area contributed by atoms with Crippen molar-refractivity contribution in [1.29, 1.82) is 0 Å². The highest BCUT2D eigenvalue weighted by molar-refractivity contribution is 7.80. The fourth-order valence-corrected chi connectivity index (χ4v) is 1.67. The van der Waals surface area contributed by atoms with E-state index in [9.17, 15) is 14.4 Å². The highest BCUT2D eigenvalue weighted by Crippen LogP contribution is 2.01. The average molecular weight is 341 g/mol. The van der Waals surface area contributed by atoms with E-state index in [-0.39, 0.29) is 19.6 Å². The number of nitrogens with one attached hydrogen (secondary N) is 1. The van der Waals surface area contributed by atoms with Gasteiger partial charge in [-0.15, -0.1) is 12.6 Å². The number of esters is 2. The number of ether oxygens (including phenoxy) is 2. The molecule has 1 aromatic rings. The van der Waals surface area contributed by atoms with Crippen molar-refractivity contribution in [2.45, 2.75) is 38.1 Å². The summed E-state index contributed by atoms with van der Waals surface area (Å²) >= 11 is 4.08. The van der Waals surface area contributed by atoms with Gasteiger partial charge in [0.15, 0.2) is 0 Å². The molecule has 128 valence electrons. The number of hydrogen-bond donors (Lipinski definition) is 2. The van der Waals surface area contributed by atoms with Crippen molar-refractivity contribution in [2.24, 2.45) is 0 Å². The number of amides is 1. The molecule has 23 heavy (non-hydrogen) atoms. The molecule has 0 heterocycles. The number of benzene rings is 1. The molecule has 1 atom stereocenters. The number of carbonyl (C=O) groups excluding carboxylic acids is 3. The van der Waals surface area contributed by atoms with Crippen LogP contribution in [0.15, 0.2) is 35.2 Å². The molecule has 0 aliphatic carbocycles. The monoisotopic (exact) mass is 341 g/mol. The summed E-state index contributed by atoms with van der Waals surface area (Å²) in [5.41, 5.74) is 0. The first-order valence-corrected chi connectivity index (χ1v) is 7.68. The lowest BCUT2D eigenvalue weighted by Gasteiger charge is -2.15. The molecule has 0 saturated heterocycles. The van der Waals surface area contributed by atoms with E-state index in [1.54, 1.807) is 13.8 Å². The zero-order chi connectivity index (χ0) is 17.7. The Hall–Kier alpha value is -2.02. The Bertz CT molecular complexity index is 493. The van der Waals surface area contributed by atoms with E-state index in [0.29, 0.717) is 0 Å². The summed E-state index contributed by atoms with van der Waals surface area (Å²) in [5, 5.41) is 2.34. The maximum Gasteiger partial charge on any atom is 0.329 e. The van der Waals surface area contributed by atoms with Gasteiger partial charge in [-0.2, -0.15) is 0 Å². The van der Waals surface area contributed by atoms with Crippen molar-refractivity contribution in [2.75, 3.05) is 13.2 Å². The molecule has 1 amide bonds. The zero-order valence-electron chi connectivity index (χ0n) is 13.6. The van der Waals surface area contributed by atoms with Crippen molar-refractivity contribution in [3.8, 4) is 0 Å². The van der Waals surface area contributed by atoms with Crippen LogP contribution in [-0.4, -0.2) is 37.1 Å². The van der Waals surface area contributed by atoms with Crippen LogP contribution in [0.4, 0.5) is 0 Å². The summed E-state index contributed by atoms with van der Waals surface area (Å²) in [6.07, 6.45) is -0.216. The van der Waals surface area contributed by atoms with Gasteiger partial charge in [0.25, 0.3) is 0 Å². The predicted molar refractivity (Wildman–Crippen MR) is 89.2 cm³/mol. The van der Waals surface area contributed by atoms with Crippen LogP contribution in [-0.2, 0) is 23.9 Å². The Morgan fingerprint density at radius 1 is 1.09 bits per heavy atom. The Kier molecular flexibility index (Phi) is 11.4. The van der Waals surface area contributed by atoms with Gasteiger partial charge in [-0.25, -0.2) is 4.79 Å². The van der Waals surface area contributed by atoms with E-state index in [4.69, 9.17) is 4.74 Å². The molecule has 1 N–H and O–H groups in total. The van der Waals surface area contributed by atoms with E-state index in [2.05, 4.69) is 22.7 Å². The minimum absolute atomic E-state index is 0.192. The third kappa shape index (κ3) is 11.2. The summed E-state index contributed by atoms with van der Waals surface area (Å²) < 4.78 is 9.41. The first kappa shape index (κ1) is 21.0. The van der Waals surface area contributed by atoms with Crippen LogP contribution in [0.25, 0.3) is 0 Å². The number of hydrogen-bond acceptors (Lipinski definition) is 6. The van der Waals surface area contributed by atoms with Crippen molar-refractivity contribution < 1.29 is 23.9 Å². The van der Waals surface area contributed by atoms with E-state index < -0.39 is 23.9 Å². The first-order chi connectivity index (χ1) is 10.9. The van der Waals surface area contributed by atoms with Gasteiger partial charge in [0, 0.05) is 11.8 Å². The first-order valence-electron chi connectivity index (χ1n) is 7.24. The van der Waals surface area contributed by atoms with E-state index in [0.717, 1.165) is 4.90 Å². The maximum atomic E-state index is 11.4. The van der Waals surface area contributed by atoms with Crippen LogP contribution in [0.5, 0.6) is 0 Å². The quantitative estimate of drug-likeness (QED) is 0.611. The summed E-state index contributed by atoms with van der Waals surface area (Å²) in [7, 11) is 0. The van der Waals surface area contributed by atoms with Gasteiger partial charge in [0.1, 0.15) is 6.04 Å². The minimum Gasteiger partial charge on any atom is -0.466 e. The van der Waals surface area contributed by atoms with E-state index in [1.165, 1.54) is 6.92 Å². The van der Waals surface area contributed by atoms with Gasteiger partial charge in [0.2, 0.25) is 5.91 Å². The van der Waals surface area contributed by atoms with Gasteiger partial charge in [0.05, 0.1) is 19.6 Å². The Morgan fingerprint density at radius 2 is 1.65 bits per heavy atom. The second kappa shape index (κ2) is 12.5. The summed E-state index contributed by atoms with van der Waals surface area (Å²) in [6.45, 7) is 4.99. The van der Waals surface area contributed by atoms with Crippen LogP contribution >= 0.6 is 12.6 Å². The van der Waals surface area contributed by atoms with Crippen molar-refractivity contribution in [3.63, 3.8) is 0 Å². The molecule has 0 aliphatic heterocycles. The molecule has 0 bridgehead atoms. The SMILES string of the molecule is CCOC(=O)CC(NC(C)=O)C(=O)OCC.Sc1ccccc1. The summed E-state index contributed by atoms with van der Waals surface area (Å²) in [5.74, 6) is -1.58. The van der Waals surface area contributed by atoms with Crippen molar-refractivity contribution >= 4 is 30.5 Å². The second-order valence-corrected chi connectivity index (χ2v) is 4.87. The lowest BCUT2D eigenvalue weighted by Crippen LogP contribution is -2.42. The van der Waals surface area contributed by atoms with Gasteiger partial charge in [-0.1, -0.05) is 18.2 Å². The molecule has 6 nitrogen and oxygen atoms in total. The van der Waals surface area contributed by atoms with E-state index in [1.807, 2.05) is 30.3 Å². The zero-order valence-corrected chi connectivity index (χ0v) is 14.5. The van der Waals surface area contributed by atoms with E-state index >= 15 is 0 Å². The topological polar surface area (TPSA) is 81.7 Å². The molecule has 1 aromatic carbocycles. The molecule has 0 saturated carbocycles. The minimum atomic E-state index is -0.975. The molecular weight excluding hydrogens is 318 g/mol. The van der Waals surface area contributed by atoms with Gasteiger partial charge >= 0.3 is 11.9 Å². The fraction of sp³-hybridized carbons (Fsp3) is 0.438. The Labute approximate surface area is 142 Å². The maximum absolute atomic E-state index is 11.4. The molecule has 0 radical (unpaired) electrons. The smallest absolute Gasteiger partial charge is 0.329 e. The molecule has 1 rings (SSSR count). The van der Waals surface area contributed by atoms with Crippen LogP contribution in [0.1, 0.15) is 27.2 Å². The number of carbonyl (C=O) groups is 3. The van der Waals surface area contributed by atoms with Crippen LogP contribution in [0.2, 0.25) is 0 Å². The third-order valence-corrected chi connectivity index (χ3v) is 2.68. The van der Waals surface area contributed by atoms with Crippen LogP contribution < -0.4 is 5.32 Å². The summed E-state index contributed by atoms with van der Waals surface area (Å²) in [4.78, 5) is 34.4. The lowest BCUT2D eigenvalue weighted by molar-refractivity contribution is -0.153. The molecular formula is C16H23NO5S. The Morgan fingerprint density at radius 3 is 2.04 bits per heavy atom. The normalized spacial score (nSPS) is 10.6. The number of thiol groups is 1. The summed E-state index contributed by atoms with van der Waals surface area (Å²) in [6, 6.07) is 8.81. The molecule has 1 unspecified atom stereocenters. The molecule has 0 aliphatic rings. The van der Waals surface area contributed by atoms with Gasteiger partial charge < -0.3 is 14.8 Å². The third-order valence-electron chi connectivity index (χ3n) is 2.38. The lowest BCUT2D eigenvalue weighted by atomic mass is 10.2. The van der Waals surface area contributed by atoms with Crippen molar-refractivity contribution in [1.82, 2.24) is 5.32 Å². The standard InChI is InChI=1S/C10H17NO5.C6H6S/c1-4-15-9(13)6-8(11-7(3)12)10(14)16-5-2;7-6-4-2-1-3-5-6/h8H,4-6H2,1-3H3,(H,11,12);1-5,7H. The van der Waals surface area contributed by atoms with Crippen LogP contribution in [0, 0.1) is 0 Å². The number of rotatable bonds is 6. The molecule has 0 spiro atoms. The van der Waals surface area contributed by atoms with Gasteiger partial charge in [-0.3, -0.25) is 9.59 Å². The highest BCUT2D eigenvalue weighted by atomic mass is 32.1. The van der Waals surface area contributed by atoms with Gasteiger partial charge in [-0.05, 0) is 26.0 Å². The Balaban J connectivity index is 0.000000568. The molecule has 7 heteroatoms. The average Bonchev–Trinajstić information content (AvgIpc) is 2.48. The van der Waals surface area contributed by atoms with Crippen molar-refractivity contribution in [3.05, 3.63) is 30.3 Å². The largest absolute Gasteiger partial charge is 0.466 e. The molecule has 0 aromatic heterocycles. The van der Waals surface area contributed by atoms with Crippen LogP contribution in [0.3, 0.4) is 0 Å². The fourth-order valence-electron chi connectivity index (χ4n) is 1.50. The highest BCUT2D eigenvalue weighted by Gasteiger charge is 2.24. The predicted octanol–water partition coefficient (Wildman–Crippen LogP) is 1.98. The molecule has 0 fully saturated rings. The second-order valence-electron chi connectivity index (χ2n) is 4.35.